The normalized spacial score (nSPS) is 16.2. The van der Waals surface area contributed by atoms with Gasteiger partial charge in [0.2, 0.25) is 5.95 Å². The average Bonchev–Trinajstić information content (AvgIpc) is 3.31. The van der Waals surface area contributed by atoms with Crippen molar-refractivity contribution in [1.82, 2.24) is 24.8 Å². The van der Waals surface area contributed by atoms with Gasteiger partial charge >= 0.3 is 0 Å². The Balaban J connectivity index is 1.54. The summed E-state index contributed by atoms with van der Waals surface area (Å²) >= 11 is 0. The summed E-state index contributed by atoms with van der Waals surface area (Å²) in [6, 6.07) is 6.38. The molecule has 0 bridgehead atoms. The Morgan fingerprint density at radius 1 is 1.15 bits per heavy atom. The molecule has 3 aromatic rings. The highest BCUT2D eigenvalue weighted by Crippen LogP contribution is 2.34. The summed E-state index contributed by atoms with van der Waals surface area (Å²) in [7, 11) is 5.64. The molecule has 1 fully saturated rings. The number of hydrogen-bond donors (Lipinski definition) is 0. The fraction of sp³-hybridized carbons (Fsp3) is 0.440. The number of likely N-dealkylation sites (tertiary alicyclic amines) is 1. The predicted molar refractivity (Wildman–Crippen MR) is 128 cm³/mol. The Morgan fingerprint density at radius 2 is 1.97 bits per heavy atom. The van der Waals surface area contributed by atoms with Crippen molar-refractivity contribution < 1.29 is 9.47 Å². The lowest BCUT2D eigenvalue weighted by Crippen LogP contribution is -2.21. The van der Waals surface area contributed by atoms with Gasteiger partial charge in [-0.05, 0) is 37.6 Å². The zero-order valence-electron chi connectivity index (χ0n) is 19.9. The van der Waals surface area contributed by atoms with Crippen LogP contribution in [0, 0.1) is 0 Å². The maximum Gasteiger partial charge on any atom is 0.225 e. The van der Waals surface area contributed by atoms with Gasteiger partial charge in [0, 0.05) is 75.0 Å². The number of methoxy groups -OCH3 is 1. The van der Waals surface area contributed by atoms with Crippen LogP contribution in [0.25, 0.3) is 11.1 Å². The van der Waals surface area contributed by atoms with Crippen LogP contribution in [-0.4, -0.2) is 65.7 Å². The van der Waals surface area contributed by atoms with E-state index in [0.717, 1.165) is 60.1 Å². The van der Waals surface area contributed by atoms with Crippen LogP contribution in [0.4, 0.5) is 5.95 Å². The molecule has 33 heavy (non-hydrogen) atoms. The maximum atomic E-state index is 5.63. The fourth-order valence-electron chi connectivity index (χ4n) is 4.29. The maximum absolute atomic E-state index is 5.63. The summed E-state index contributed by atoms with van der Waals surface area (Å²) in [4.78, 5) is 22.3. The second kappa shape index (κ2) is 10.7. The van der Waals surface area contributed by atoms with Crippen LogP contribution in [-0.2, 0) is 17.9 Å². The Bertz CT molecular complexity index is 1060. The summed E-state index contributed by atoms with van der Waals surface area (Å²) in [5, 5.41) is 0. The van der Waals surface area contributed by atoms with Gasteiger partial charge in [-0.15, -0.1) is 0 Å². The molecule has 2 aromatic heterocycles. The number of nitrogens with zero attached hydrogens (tertiary/aromatic N) is 6. The summed E-state index contributed by atoms with van der Waals surface area (Å²) < 4.78 is 11.1. The molecular formula is C25H32N6O2. The van der Waals surface area contributed by atoms with Crippen molar-refractivity contribution in [3.8, 4) is 16.9 Å². The van der Waals surface area contributed by atoms with Crippen LogP contribution in [0.5, 0.6) is 5.75 Å². The first kappa shape index (κ1) is 23.1. The van der Waals surface area contributed by atoms with Crippen molar-refractivity contribution in [1.29, 1.82) is 0 Å². The Morgan fingerprint density at radius 3 is 2.70 bits per heavy atom. The van der Waals surface area contributed by atoms with Crippen molar-refractivity contribution in [3.05, 3.63) is 59.9 Å². The molecule has 8 nitrogen and oxygen atoms in total. The summed E-state index contributed by atoms with van der Waals surface area (Å²) in [5.41, 5.74) is 5.38. The van der Waals surface area contributed by atoms with Crippen LogP contribution in [0.15, 0.2) is 43.1 Å². The number of anilines is 1. The van der Waals surface area contributed by atoms with Crippen molar-refractivity contribution in [2.45, 2.75) is 32.4 Å². The van der Waals surface area contributed by atoms with E-state index in [1.54, 1.807) is 13.4 Å². The lowest BCUT2D eigenvalue weighted by atomic mass is 9.97. The van der Waals surface area contributed by atoms with Gasteiger partial charge in [-0.1, -0.05) is 6.07 Å². The molecule has 1 atom stereocenters. The predicted octanol–water partition coefficient (Wildman–Crippen LogP) is 3.53. The Hall–Kier alpha value is -3.10. The second-order valence-electron chi connectivity index (χ2n) is 8.49. The molecular weight excluding hydrogens is 416 g/mol. The highest BCUT2D eigenvalue weighted by Gasteiger charge is 2.28. The second-order valence-corrected chi connectivity index (χ2v) is 8.49. The standard InChI is InChI=1S/C25H32N6O2/c1-5-33-16-20-10-18(6-7-23(20)32-4)14-31-9-8-19(15-31)24-22(21-11-26-17-27-12-21)13-28-25(29-24)30(2)3/h6-7,10-13,17,19H,5,8-9,14-16H2,1-4H3/t19-/m0/s1. The van der Waals surface area contributed by atoms with Gasteiger partial charge in [-0.25, -0.2) is 19.9 Å². The summed E-state index contributed by atoms with van der Waals surface area (Å²) in [6.45, 7) is 6.10. The third-order valence-corrected chi connectivity index (χ3v) is 5.95. The van der Waals surface area contributed by atoms with Crippen LogP contribution >= 0.6 is 0 Å². The van der Waals surface area contributed by atoms with E-state index in [-0.39, 0.29) is 0 Å². The third-order valence-electron chi connectivity index (χ3n) is 5.95. The van der Waals surface area contributed by atoms with E-state index in [0.29, 0.717) is 19.1 Å². The number of benzene rings is 1. The van der Waals surface area contributed by atoms with E-state index in [2.05, 4.69) is 32.0 Å². The molecule has 0 spiro atoms. The minimum absolute atomic E-state index is 0.322. The molecule has 0 saturated carbocycles. The molecule has 1 aliphatic rings. The molecule has 0 aliphatic carbocycles. The first-order valence-corrected chi connectivity index (χ1v) is 11.3. The molecule has 0 amide bonds. The molecule has 1 aliphatic heterocycles. The lowest BCUT2D eigenvalue weighted by molar-refractivity contribution is 0.132. The number of hydrogen-bond acceptors (Lipinski definition) is 8. The Labute approximate surface area is 195 Å². The molecule has 0 N–H and O–H groups in total. The topological polar surface area (TPSA) is 76.5 Å². The van der Waals surface area contributed by atoms with E-state index in [1.807, 2.05) is 50.6 Å². The summed E-state index contributed by atoms with van der Waals surface area (Å²) in [6.07, 6.45) is 8.15. The van der Waals surface area contributed by atoms with Gasteiger partial charge in [0.1, 0.15) is 12.1 Å². The minimum Gasteiger partial charge on any atom is -0.496 e. The van der Waals surface area contributed by atoms with Gasteiger partial charge < -0.3 is 14.4 Å². The van der Waals surface area contributed by atoms with Crippen LogP contribution in [0.3, 0.4) is 0 Å². The number of aromatic nitrogens is 4. The molecule has 1 aromatic carbocycles. The van der Waals surface area contributed by atoms with Gasteiger partial charge in [0.05, 0.1) is 19.4 Å². The monoisotopic (exact) mass is 448 g/mol. The van der Waals surface area contributed by atoms with Crippen LogP contribution in [0.2, 0.25) is 0 Å². The summed E-state index contributed by atoms with van der Waals surface area (Å²) in [5.74, 6) is 1.92. The largest absolute Gasteiger partial charge is 0.496 e. The molecule has 8 heteroatoms. The molecule has 174 valence electrons. The van der Waals surface area contributed by atoms with Gasteiger partial charge in [-0.3, -0.25) is 4.90 Å². The SMILES string of the molecule is CCOCc1cc(CN2CC[C@H](c3nc(N(C)C)ncc3-c3cncnc3)C2)ccc1OC. The van der Waals surface area contributed by atoms with Crippen molar-refractivity contribution in [3.63, 3.8) is 0 Å². The molecule has 1 saturated heterocycles. The van der Waals surface area contributed by atoms with Crippen molar-refractivity contribution in [2.75, 3.05) is 45.8 Å². The van der Waals surface area contributed by atoms with Crippen LogP contribution in [0.1, 0.15) is 36.1 Å². The van der Waals surface area contributed by atoms with E-state index >= 15 is 0 Å². The number of rotatable bonds is 9. The number of ether oxygens (including phenoxy) is 2. The zero-order valence-corrected chi connectivity index (χ0v) is 19.9. The van der Waals surface area contributed by atoms with E-state index in [9.17, 15) is 0 Å². The molecule has 3 heterocycles. The quantitative estimate of drug-likeness (QED) is 0.492. The van der Waals surface area contributed by atoms with Gasteiger partial charge in [0.15, 0.2) is 0 Å². The van der Waals surface area contributed by atoms with Gasteiger partial charge in [0.25, 0.3) is 0 Å². The third kappa shape index (κ3) is 5.46. The molecule has 0 unspecified atom stereocenters. The fourth-order valence-corrected chi connectivity index (χ4v) is 4.29. The minimum atomic E-state index is 0.322. The first-order valence-electron chi connectivity index (χ1n) is 11.3. The Kier molecular flexibility index (Phi) is 7.47. The zero-order chi connectivity index (χ0) is 23.2. The highest BCUT2D eigenvalue weighted by molar-refractivity contribution is 5.65. The van der Waals surface area contributed by atoms with E-state index < -0.39 is 0 Å². The smallest absolute Gasteiger partial charge is 0.225 e. The average molecular weight is 449 g/mol. The lowest BCUT2D eigenvalue weighted by Gasteiger charge is -2.20. The van der Waals surface area contributed by atoms with E-state index in [4.69, 9.17) is 14.5 Å². The molecule has 0 radical (unpaired) electrons. The highest BCUT2D eigenvalue weighted by atomic mass is 16.5. The first-order chi connectivity index (χ1) is 16.1. The van der Waals surface area contributed by atoms with E-state index in [1.165, 1.54) is 5.56 Å². The van der Waals surface area contributed by atoms with Crippen molar-refractivity contribution in [2.24, 2.45) is 0 Å². The van der Waals surface area contributed by atoms with Crippen LogP contribution < -0.4 is 9.64 Å². The van der Waals surface area contributed by atoms with Crippen molar-refractivity contribution >= 4 is 5.95 Å². The van der Waals surface area contributed by atoms with Gasteiger partial charge in [-0.2, -0.15) is 0 Å². The molecule has 4 rings (SSSR count).